The van der Waals surface area contributed by atoms with Crippen molar-refractivity contribution in [2.75, 3.05) is 13.0 Å². The normalized spacial score (nSPS) is 9.93. The molecule has 0 aromatic carbocycles. The molecule has 4 nitrogen and oxygen atoms in total. The van der Waals surface area contributed by atoms with Crippen LogP contribution in [0.5, 0.6) is 0 Å². The molecule has 0 aliphatic rings. The van der Waals surface area contributed by atoms with Crippen molar-refractivity contribution in [1.29, 1.82) is 0 Å². The summed E-state index contributed by atoms with van der Waals surface area (Å²) in [5.74, 6) is 4.35. The lowest BCUT2D eigenvalue weighted by molar-refractivity contribution is -0.648. The third-order valence-corrected chi connectivity index (χ3v) is 2.31. The lowest BCUT2D eigenvalue weighted by Gasteiger charge is -2.00. The van der Waals surface area contributed by atoms with Gasteiger partial charge in [-0.15, -0.1) is 0 Å². The Labute approximate surface area is 88.6 Å². The monoisotopic (exact) mass is 263 g/mol. The van der Waals surface area contributed by atoms with E-state index in [4.69, 9.17) is 5.84 Å². The first kappa shape index (κ1) is 10.9. The number of hydrogen-bond acceptors (Lipinski definition) is 3. The lowest BCUT2D eigenvalue weighted by Crippen LogP contribution is -2.49. The zero-order valence-corrected chi connectivity index (χ0v) is 9.04. The number of carbonyl (C=O) groups excluding carboxylic acids is 1. The molecule has 6 heteroatoms. The average Bonchev–Trinajstić information content (AvgIpc) is 2.18. The molecule has 0 saturated heterocycles. The second kappa shape index (κ2) is 4.36. The smallest absolute Gasteiger partial charge is 0.316 e. The van der Waals surface area contributed by atoms with Crippen LogP contribution < -0.4 is 10.5 Å². The summed E-state index contributed by atoms with van der Waals surface area (Å²) < 4.78 is 19.1. The SMILES string of the molecule is COC(=O)Cc1c(F)c(Br)cc[n+]1N. The highest BCUT2D eigenvalue weighted by molar-refractivity contribution is 9.10. The van der Waals surface area contributed by atoms with Crippen LogP contribution in [0.3, 0.4) is 0 Å². The second-order valence-corrected chi connectivity index (χ2v) is 3.44. The number of carbonyl (C=O) groups is 1. The molecule has 0 saturated carbocycles. The number of methoxy groups -OCH3 is 1. The first-order valence-electron chi connectivity index (χ1n) is 3.76. The Bertz CT molecular complexity index is 371. The molecule has 0 spiro atoms. The summed E-state index contributed by atoms with van der Waals surface area (Å²) in [7, 11) is 1.24. The summed E-state index contributed by atoms with van der Waals surface area (Å²) >= 11 is 3.00. The standard InChI is InChI=1S/C8H9BrFN2O2/c1-14-7(13)4-6-8(10)5(9)2-3-12(6)11/h2-3H,4,11H2,1H3/q+1. The molecule has 1 aromatic rings. The van der Waals surface area contributed by atoms with Crippen LogP contribution in [0.25, 0.3) is 0 Å². The number of pyridine rings is 1. The Kier molecular flexibility index (Phi) is 3.40. The van der Waals surface area contributed by atoms with Crippen molar-refractivity contribution in [1.82, 2.24) is 0 Å². The van der Waals surface area contributed by atoms with E-state index in [0.29, 0.717) is 0 Å². The third-order valence-electron chi connectivity index (χ3n) is 1.70. The summed E-state index contributed by atoms with van der Waals surface area (Å²) in [4.78, 5) is 10.9. The Hall–Kier alpha value is -1.17. The van der Waals surface area contributed by atoms with E-state index in [-0.39, 0.29) is 16.6 Å². The number of nitrogen functional groups attached to an aromatic ring is 1. The third kappa shape index (κ3) is 2.20. The predicted molar refractivity (Wildman–Crippen MR) is 50.2 cm³/mol. The number of halogens is 2. The van der Waals surface area contributed by atoms with Crippen molar-refractivity contribution < 1.29 is 18.6 Å². The number of aromatic nitrogens is 1. The molecular formula is C8H9BrFN2O2+. The fraction of sp³-hybridized carbons (Fsp3) is 0.250. The molecule has 0 aliphatic carbocycles. The van der Waals surface area contributed by atoms with Gasteiger partial charge in [0.1, 0.15) is 6.42 Å². The van der Waals surface area contributed by atoms with E-state index in [1.807, 2.05) is 0 Å². The van der Waals surface area contributed by atoms with Gasteiger partial charge in [0, 0.05) is 6.07 Å². The van der Waals surface area contributed by atoms with Gasteiger partial charge in [0.05, 0.1) is 11.6 Å². The Morgan fingerprint density at radius 1 is 1.79 bits per heavy atom. The van der Waals surface area contributed by atoms with E-state index < -0.39 is 11.8 Å². The molecule has 76 valence electrons. The molecule has 2 N–H and O–H groups in total. The zero-order chi connectivity index (χ0) is 10.7. The van der Waals surface area contributed by atoms with Gasteiger partial charge in [-0.2, -0.15) is 4.39 Å². The molecule has 0 unspecified atom stereocenters. The molecule has 14 heavy (non-hydrogen) atoms. The quantitative estimate of drug-likeness (QED) is 0.475. The van der Waals surface area contributed by atoms with Crippen LogP contribution in [0.15, 0.2) is 16.7 Å². The van der Waals surface area contributed by atoms with Crippen molar-refractivity contribution in [3.63, 3.8) is 0 Å². The van der Waals surface area contributed by atoms with Gasteiger partial charge in [0.2, 0.25) is 12.0 Å². The van der Waals surface area contributed by atoms with Crippen LogP contribution in [-0.2, 0) is 16.0 Å². The number of nitrogens with zero attached hydrogens (tertiary/aromatic N) is 1. The molecule has 0 radical (unpaired) electrons. The van der Waals surface area contributed by atoms with E-state index in [1.165, 1.54) is 19.4 Å². The van der Waals surface area contributed by atoms with Crippen LogP contribution in [0.4, 0.5) is 4.39 Å². The topological polar surface area (TPSA) is 56.2 Å². The highest BCUT2D eigenvalue weighted by Gasteiger charge is 2.21. The van der Waals surface area contributed by atoms with Gasteiger partial charge < -0.3 is 4.74 Å². The van der Waals surface area contributed by atoms with Crippen molar-refractivity contribution >= 4 is 21.9 Å². The molecule has 0 atom stereocenters. The van der Waals surface area contributed by atoms with Gasteiger partial charge in [-0.25, -0.2) is 5.84 Å². The lowest BCUT2D eigenvalue weighted by atomic mass is 10.2. The zero-order valence-electron chi connectivity index (χ0n) is 7.46. The van der Waals surface area contributed by atoms with E-state index in [2.05, 4.69) is 20.7 Å². The van der Waals surface area contributed by atoms with Gasteiger partial charge >= 0.3 is 5.97 Å². The first-order valence-corrected chi connectivity index (χ1v) is 4.56. The maximum Gasteiger partial charge on any atom is 0.316 e. The van der Waals surface area contributed by atoms with Gasteiger partial charge in [0.25, 0.3) is 5.69 Å². The highest BCUT2D eigenvalue weighted by atomic mass is 79.9. The molecule has 1 aromatic heterocycles. The van der Waals surface area contributed by atoms with Crippen LogP contribution in [0.2, 0.25) is 0 Å². The maximum absolute atomic E-state index is 13.4. The van der Waals surface area contributed by atoms with E-state index in [0.717, 1.165) is 4.68 Å². The summed E-state index contributed by atoms with van der Waals surface area (Å²) in [5, 5.41) is 0. The molecular weight excluding hydrogens is 255 g/mol. The van der Waals surface area contributed by atoms with E-state index >= 15 is 0 Å². The fourth-order valence-corrected chi connectivity index (χ4v) is 1.28. The number of nitrogens with two attached hydrogens (primary N) is 1. The summed E-state index contributed by atoms with van der Waals surface area (Å²) in [6.45, 7) is 0. The summed E-state index contributed by atoms with van der Waals surface area (Å²) in [6, 6.07) is 1.45. The number of rotatable bonds is 2. The van der Waals surface area contributed by atoms with Gasteiger partial charge in [-0.1, -0.05) is 4.68 Å². The molecule has 0 fully saturated rings. The van der Waals surface area contributed by atoms with Crippen molar-refractivity contribution in [2.24, 2.45) is 0 Å². The van der Waals surface area contributed by atoms with Crippen molar-refractivity contribution in [3.8, 4) is 0 Å². The number of esters is 1. The second-order valence-electron chi connectivity index (χ2n) is 2.58. The van der Waals surface area contributed by atoms with Crippen molar-refractivity contribution in [3.05, 3.63) is 28.2 Å². The fourth-order valence-electron chi connectivity index (χ4n) is 0.938. The Morgan fingerprint density at radius 3 is 3.00 bits per heavy atom. The average molecular weight is 264 g/mol. The molecule has 0 aliphatic heterocycles. The van der Waals surface area contributed by atoms with Crippen LogP contribution in [0, 0.1) is 5.82 Å². The van der Waals surface area contributed by atoms with Crippen LogP contribution >= 0.6 is 15.9 Å². The predicted octanol–water partition coefficient (Wildman–Crippen LogP) is 0.305. The van der Waals surface area contributed by atoms with Crippen molar-refractivity contribution in [2.45, 2.75) is 6.42 Å². The minimum Gasteiger partial charge on any atom is -0.469 e. The largest absolute Gasteiger partial charge is 0.469 e. The highest BCUT2D eigenvalue weighted by Crippen LogP contribution is 2.15. The minimum absolute atomic E-state index is 0.0752. The molecule has 0 bridgehead atoms. The van der Waals surface area contributed by atoms with Crippen LogP contribution in [-0.4, -0.2) is 13.1 Å². The molecule has 1 rings (SSSR count). The first-order chi connectivity index (χ1) is 6.56. The minimum atomic E-state index is -0.555. The molecule has 0 amide bonds. The van der Waals surface area contributed by atoms with Crippen LogP contribution in [0.1, 0.15) is 5.69 Å². The van der Waals surface area contributed by atoms with Gasteiger partial charge in [-0.05, 0) is 15.9 Å². The maximum atomic E-state index is 13.4. The summed E-state index contributed by atoms with van der Waals surface area (Å²) in [6.07, 6.45) is 1.25. The summed E-state index contributed by atoms with van der Waals surface area (Å²) in [5.41, 5.74) is 0.0752. The number of ether oxygens (including phenoxy) is 1. The van der Waals surface area contributed by atoms with E-state index in [1.54, 1.807) is 0 Å². The molecule has 1 heterocycles. The number of hydrogen-bond donors (Lipinski definition) is 1. The van der Waals surface area contributed by atoms with Gasteiger partial charge in [0.15, 0.2) is 0 Å². The van der Waals surface area contributed by atoms with Gasteiger partial charge in [-0.3, -0.25) is 4.79 Å². The Morgan fingerprint density at radius 2 is 2.43 bits per heavy atom. The Balaban J connectivity index is 3.06. The van der Waals surface area contributed by atoms with E-state index in [9.17, 15) is 9.18 Å².